The van der Waals surface area contributed by atoms with E-state index in [9.17, 15) is 0 Å². The summed E-state index contributed by atoms with van der Waals surface area (Å²) in [5.41, 5.74) is 6.51. The van der Waals surface area contributed by atoms with Gasteiger partial charge in [-0.15, -0.1) is 59.7 Å². The first-order chi connectivity index (χ1) is 17.8. The van der Waals surface area contributed by atoms with Gasteiger partial charge < -0.3 is 9.97 Å². The van der Waals surface area contributed by atoms with Gasteiger partial charge in [-0.1, -0.05) is 67.5 Å². The van der Waals surface area contributed by atoms with Crippen LogP contribution < -0.4 is 5.19 Å². The van der Waals surface area contributed by atoms with Gasteiger partial charge in [0.05, 0.1) is 8.07 Å². The van der Waals surface area contributed by atoms with Crippen molar-refractivity contribution in [2.24, 2.45) is 0 Å². The van der Waals surface area contributed by atoms with Gasteiger partial charge in [-0.25, -0.2) is 0 Å². The average molecular weight is 707 g/mol. The second kappa shape index (κ2) is 11.8. The van der Waals surface area contributed by atoms with Crippen molar-refractivity contribution in [1.29, 1.82) is 0 Å². The molecule has 6 rings (SSSR count). The third kappa shape index (κ3) is 6.03. The van der Waals surface area contributed by atoms with Crippen molar-refractivity contribution < 1.29 is 20.1 Å². The van der Waals surface area contributed by atoms with Crippen molar-refractivity contribution in [1.82, 2.24) is 9.97 Å². The zero-order valence-corrected chi connectivity index (χ0v) is 26.5. The number of thiophene rings is 1. The molecule has 0 unspecified atom stereocenters. The molecule has 0 atom stereocenters. The number of hydrogen-bond donors (Lipinski definition) is 0. The minimum Gasteiger partial charge on any atom is -0.304 e. The summed E-state index contributed by atoms with van der Waals surface area (Å²) in [7, 11) is -1.38. The second-order valence-electron chi connectivity index (χ2n) is 10.3. The van der Waals surface area contributed by atoms with Crippen LogP contribution >= 0.6 is 11.3 Å². The maximum Gasteiger partial charge on any atom is 0.0794 e. The van der Waals surface area contributed by atoms with Gasteiger partial charge in [0.25, 0.3) is 0 Å². The monoisotopic (exact) mass is 707 g/mol. The number of nitrogens with zero attached hydrogens (tertiary/aromatic N) is 2. The molecule has 3 aromatic carbocycles. The number of rotatable bonds is 3. The van der Waals surface area contributed by atoms with Crippen LogP contribution in [0.5, 0.6) is 0 Å². The van der Waals surface area contributed by atoms with Gasteiger partial charge >= 0.3 is 0 Å². The van der Waals surface area contributed by atoms with Crippen molar-refractivity contribution in [2.75, 3.05) is 0 Å². The van der Waals surface area contributed by atoms with E-state index in [-0.39, 0.29) is 20.1 Å². The van der Waals surface area contributed by atoms with Crippen LogP contribution in [0.25, 0.3) is 42.7 Å². The molecule has 0 saturated heterocycles. The average Bonchev–Trinajstić information content (AvgIpc) is 3.29. The topological polar surface area (TPSA) is 25.8 Å². The first-order valence-electron chi connectivity index (χ1n) is 12.5. The Kier molecular flexibility index (Phi) is 8.74. The van der Waals surface area contributed by atoms with Crippen molar-refractivity contribution >= 4 is 44.8 Å². The Bertz CT molecular complexity index is 1650. The van der Waals surface area contributed by atoms with E-state index in [0.29, 0.717) is 0 Å². The van der Waals surface area contributed by atoms with Crippen LogP contribution in [-0.4, -0.2) is 18.0 Å². The van der Waals surface area contributed by atoms with E-state index < -0.39 is 8.07 Å². The SMILES string of the molecule is Cc1ccc(-c2[c-]ccc3c2sc2c([Si](C)(C)C)cccc23)nc1.Cc1ccc(-c2[c-]cccc2)nc1.[Ir]. The minimum absolute atomic E-state index is 0. The van der Waals surface area contributed by atoms with Gasteiger partial charge in [0, 0.05) is 37.2 Å². The normalized spacial score (nSPS) is 11.1. The number of pyridine rings is 2. The molecule has 6 aromatic rings. The molecule has 3 aromatic heterocycles. The van der Waals surface area contributed by atoms with Crippen LogP contribution in [0.15, 0.2) is 91.3 Å². The smallest absolute Gasteiger partial charge is 0.0794 e. The quantitative estimate of drug-likeness (QED) is 0.136. The molecule has 0 aliphatic carbocycles. The molecule has 1 radical (unpaired) electrons. The van der Waals surface area contributed by atoms with Crippen LogP contribution in [0.2, 0.25) is 19.6 Å². The third-order valence-corrected chi connectivity index (χ3v) is 9.82. The fourth-order valence-electron chi connectivity index (χ4n) is 4.34. The number of hydrogen-bond acceptors (Lipinski definition) is 3. The maximum atomic E-state index is 4.62. The summed E-state index contributed by atoms with van der Waals surface area (Å²) >= 11 is 1.90. The molecule has 0 spiro atoms. The minimum atomic E-state index is -1.38. The molecule has 193 valence electrons. The summed E-state index contributed by atoms with van der Waals surface area (Å²) in [6.07, 6.45) is 3.80. The molecule has 3 heterocycles. The molecule has 0 N–H and O–H groups in total. The van der Waals surface area contributed by atoms with Crippen LogP contribution in [0, 0.1) is 26.0 Å². The largest absolute Gasteiger partial charge is 0.304 e. The van der Waals surface area contributed by atoms with Crippen LogP contribution in [0.1, 0.15) is 11.1 Å². The zero-order chi connectivity index (χ0) is 26.0. The van der Waals surface area contributed by atoms with Crippen molar-refractivity contribution in [3.63, 3.8) is 0 Å². The van der Waals surface area contributed by atoms with E-state index in [0.717, 1.165) is 22.5 Å². The molecule has 38 heavy (non-hydrogen) atoms. The van der Waals surface area contributed by atoms with Crippen molar-refractivity contribution in [3.8, 4) is 22.5 Å². The van der Waals surface area contributed by atoms with Crippen LogP contribution in [0.4, 0.5) is 0 Å². The predicted molar refractivity (Wildman–Crippen MR) is 162 cm³/mol. The zero-order valence-electron chi connectivity index (χ0n) is 22.3. The fourth-order valence-corrected chi connectivity index (χ4v) is 8.05. The number of aromatic nitrogens is 2. The van der Waals surface area contributed by atoms with Gasteiger partial charge in [-0.3, -0.25) is 0 Å². The van der Waals surface area contributed by atoms with Crippen LogP contribution in [0.3, 0.4) is 0 Å². The number of fused-ring (bicyclic) bond motifs is 3. The van der Waals surface area contributed by atoms with E-state index in [4.69, 9.17) is 0 Å². The number of benzene rings is 3. The van der Waals surface area contributed by atoms with Gasteiger partial charge in [0.15, 0.2) is 0 Å². The van der Waals surface area contributed by atoms with Gasteiger partial charge in [-0.2, -0.15) is 11.3 Å². The van der Waals surface area contributed by atoms with E-state index in [1.807, 2.05) is 67.1 Å². The van der Waals surface area contributed by atoms with Gasteiger partial charge in [0.2, 0.25) is 0 Å². The fraction of sp³-hybridized carbons (Fsp3) is 0.152. The van der Waals surface area contributed by atoms with E-state index in [1.54, 1.807) is 5.19 Å². The molecule has 2 nitrogen and oxygen atoms in total. The Morgan fingerprint density at radius 3 is 1.95 bits per heavy atom. The third-order valence-electron chi connectivity index (χ3n) is 6.33. The summed E-state index contributed by atoms with van der Waals surface area (Å²) in [6.45, 7) is 11.4. The summed E-state index contributed by atoms with van der Waals surface area (Å²) in [4.78, 5) is 8.94. The first-order valence-corrected chi connectivity index (χ1v) is 16.8. The molecule has 0 bridgehead atoms. The molecule has 0 amide bonds. The maximum absolute atomic E-state index is 4.62. The summed E-state index contributed by atoms with van der Waals surface area (Å²) in [6, 6.07) is 33.7. The Morgan fingerprint density at radius 1 is 0.658 bits per heavy atom. The Hall–Kier alpha value is -2.95. The summed E-state index contributed by atoms with van der Waals surface area (Å²) in [5, 5.41) is 4.24. The molecular formula is C33H30IrN2SSi-2. The Balaban J connectivity index is 0.000000204. The molecule has 0 fully saturated rings. The molecule has 0 aliphatic heterocycles. The van der Waals surface area contributed by atoms with Gasteiger partial charge in [-0.05, 0) is 51.6 Å². The van der Waals surface area contributed by atoms with Crippen molar-refractivity contribution in [3.05, 3.63) is 115 Å². The Labute approximate surface area is 244 Å². The first kappa shape index (κ1) is 28.1. The number of aryl methyl sites for hydroxylation is 2. The standard InChI is InChI=1S/C21H20NSSi.C12H10N.Ir/c1-14-11-12-18(22-13-14)17-9-5-7-15-16-8-6-10-19(24(2,3)4)21(16)23-20(15)17;1-10-7-8-12(13-9-10)11-5-3-2-4-6-11;/h5-8,10-13H,1-4H3;2-5,7-9H,1H3;/q2*-1;. The second-order valence-corrected chi connectivity index (χ2v) is 16.4. The van der Waals surface area contributed by atoms with E-state index in [1.165, 1.54) is 31.3 Å². The molecule has 0 saturated carbocycles. The molecular weight excluding hydrogens is 677 g/mol. The van der Waals surface area contributed by atoms with Crippen LogP contribution in [-0.2, 0) is 20.1 Å². The molecule has 0 aliphatic rings. The van der Waals surface area contributed by atoms with E-state index in [2.05, 4.69) is 91.1 Å². The Morgan fingerprint density at radius 2 is 1.34 bits per heavy atom. The van der Waals surface area contributed by atoms with Gasteiger partial charge in [0.1, 0.15) is 0 Å². The summed E-state index contributed by atoms with van der Waals surface area (Å²) in [5.74, 6) is 0. The molecule has 5 heteroatoms. The predicted octanol–water partition coefficient (Wildman–Crippen LogP) is 8.63. The summed E-state index contributed by atoms with van der Waals surface area (Å²) < 4.78 is 2.74. The van der Waals surface area contributed by atoms with Crippen molar-refractivity contribution in [2.45, 2.75) is 33.5 Å². The van der Waals surface area contributed by atoms with E-state index >= 15 is 0 Å².